The summed E-state index contributed by atoms with van der Waals surface area (Å²) in [4.78, 5) is 11.3. The molecule has 0 spiro atoms. The molecule has 136 valence electrons. The maximum absolute atomic E-state index is 11.3. The van der Waals surface area contributed by atoms with Gasteiger partial charge in [0.25, 0.3) is 0 Å². The van der Waals surface area contributed by atoms with Crippen LogP contribution in [0.2, 0.25) is 0 Å². The summed E-state index contributed by atoms with van der Waals surface area (Å²) in [6.07, 6.45) is 16.4. The summed E-state index contributed by atoms with van der Waals surface area (Å²) < 4.78 is 7.24. The van der Waals surface area contributed by atoms with E-state index in [1.807, 2.05) is 29.0 Å². The molecule has 0 atom stereocenters. The zero-order valence-electron chi connectivity index (χ0n) is 15.0. The molecule has 0 aromatic carbocycles. The van der Waals surface area contributed by atoms with Gasteiger partial charge >= 0.3 is 11.8 Å². The number of carbonyl (C=O) groups excluding carboxylic acids is 1. The standard InChI is InChI=1S/C20H32NO2.ClH/c1-3-5-6-7-8-9-10-11-12-14-17-21-18-15-13-16-19(21)23-20(22)4-2;/h4,13,15-16,18H,2-3,5-12,14,17H2,1H3;1H/q+1;/p-1. The average Bonchev–Trinajstić information content (AvgIpc) is 2.57. The van der Waals surface area contributed by atoms with E-state index in [2.05, 4.69) is 13.5 Å². The van der Waals surface area contributed by atoms with E-state index in [-0.39, 0.29) is 12.4 Å². The molecule has 0 unspecified atom stereocenters. The molecule has 0 saturated carbocycles. The van der Waals surface area contributed by atoms with Crippen LogP contribution in [0.15, 0.2) is 37.1 Å². The van der Waals surface area contributed by atoms with Crippen molar-refractivity contribution in [3.8, 4) is 5.88 Å². The van der Waals surface area contributed by atoms with Crippen LogP contribution >= 0.6 is 0 Å². The van der Waals surface area contributed by atoms with Crippen LogP contribution in [0, 0.1) is 0 Å². The van der Waals surface area contributed by atoms with Crippen LogP contribution in [-0.4, -0.2) is 5.97 Å². The highest BCUT2D eigenvalue weighted by Gasteiger charge is 2.12. The molecular weight excluding hydrogens is 322 g/mol. The fourth-order valence-electron chi connectivity index (χ4n) is 2.65. The van der Waals surface area contributed by atoms with Gasteiger partial charge in [0.05, 0.1) is 6.07 Å². The van der Waals surface area contributed by atoms with Crippen LogP contribution in [0.5, 0.6) is 5.88 Å². The second-order valence-electron chi connectivity index (χ2n) is 6.04. The van der Waals surface area contributed by atoms with E-state index >= 15 is 0 Å². The number of aryl methyl sites for hydroxylation is 1. The maximum Gasteiger partial charge on any atom is 0.375 e. The second-order valence-corrected chi connectivity index (χ2v) is 6.04. The lowest BCUT2D eigenvalue weighted by molar-refractivity contribution is -0.700. The molecule has 0 saturated heterocycles. The van der Waals surface area contributed by atoms with Gasteiger partial charge in [-0.15, -0.1) is 0 Å². The van der Waals surface area contributed by atoms with Crippen LogP contribution in [0.4, 0.5) is 0 Å². The summed E-state index contributed by atoms with van der Waals surface area (Å²) in [5, 5.41) is 0. The molecule has 0 bridgehead atoms. The number of unbranched alkanes of at least 4 members (excludes halogenated alkanes) is 9. The summed E-state index contributed by atoms with van der Waals surface area (Å²) in [5.41, 5.74) is 0. The van der Waals surface area contributed by atoms with Crippen molar-refractivity contribution in [2.75, 3.05) is 0 Å². The number of halogens is 1. The first-order valence-corrected chi connectivity index (χ1v) is 9.10. The van der Waals surface area contributed by atoms with Gasteiger partial charge in [-0.05, 0) is 12.5 Å². The third kappa shape index (κ3) is 10.4. The Labute approximate surface area is 153 Å². The van der Waals surface area contributed by atoms with Crippen LogP contribution in [0.1, 0.15) is 71.1 Å². The Balaban J connectivity index is 0.00000529. The van der Waals surface area contributed by atoms with Gasteiger partial charge in [0.2, 0.25) is 0 Å². The topological polar surface area (TPSA) is 30.2 Å². The van der Waals surface area contributed by atoms with Crippen LogP contribution in [-0.2, 0) is 11.3 Å². The maximum atomic E-state index is 11.3. The van der Waals surface area contributed by atoms with Crippen molar-refractivity contribution in [2.24, 2.45) is 0 Å². The predicted octanol–water partition coefficient (Wildman–Crippen LogP) is 1.99. The Morgan fingerprint density at radius 3 is 2.21 bits per heavy atom. The van der Waals surface area contributed by atoms with Crippen molar-refractivity contribution in [3.05, 3.63) is 37.1 Å². The van der Waals surface area contributed by atoms with Crippen molar-refractivity contribution >= 4 is 5.97 Å². The quantitative estimate of drug-likeness (QED) is 0.235. The second kappa shape index (κ2) is 15.2. The number of aromatic nitrogens is 1. The first kappa shape index (κ1) is 22.6. The summed E-state index contributed by atoms with van der Waals surface area (Å²) >= 11 is 0. The molecule has 0 fully saturated rings. The predicted molar refractivity (Wildman–Crippen MR) is 94.3 cm³/mol. The Morgan fingerprint density at radius 2 is 1.62 bits per heavy atom. The number of rotatable bonds is 13. The highest BCUT2D eigenvalue weighted by atomic mass is 35.5. The van der Waals surface area contributed by atoms with E-state index in [1.165, 1.54) is 63.9 Å². The molecule has 1 aromatic heterocycles. The molecule has 4 heteroatoms. The average molecular weight is 354 g/mol. The van der Waals surface area contributed by atoms with E-state index in [0.717, 1.165) is 13.0 Å². The summed E-state index contributed by atoms with van der Waals surface area (Å²) in [6.45, 7) is 6.57. The molecule has 0 radical (unpaired) electrons. The highest BCUT2D eigenvalue weighted by Crippen LogP contribution is 2.11. The van der Waals surface area contributed by atoms with Crippen molar-refractivity contribution < 1.29 is 26.5 Å². The molecule has 1 rings (SSSR count). The largest absolute Gasteiger partial charge is 1.00 e. The fourth-order valence-corrected chi connectivity index (χ4v) is 2.65. The molecule has 1 aromatic rings. The molecule has 0 aliphatic carbocycles. The first-order valence-electron chi connectivity index (χ1n) is 9.10. The van der Waals surface area contributed by atoms with Gasteiger partial charge in [-0.1, -0.05) is 64.9 Å². The van der Waals surface area contributed by atoms with Crippen LogP contribution in [0.3, 0.4) is 0 Å². The Kier molecular flexibility index (Phi) is 14.3. The number of hydrogen-bond donors (Lipinski definition) is 0. The van der Waals surface area contributed by atoms with E-state index in [9.17, 15) is 4.79 Å². The van der Waals surface area contributed by atoms with Gasteiger partial charge < -0.3 is 17.1 Å². The molecule has 0 aliphatic heterocycles. The number of esters is 1. The van der Waals surface area contributed by atoms with Crippen molar-refractivity contribution in [2.45, 2.75) is 77.7 Å². The third-order valence-corrected chi connectivity index (χ3v) is 4.02. The van der Waals surface area contributed by atoms with Crippen LogP contribution < -0.4 is 21.7 Å². The summed E-state index contributed by atoms with van der Waals surface area (Å²) in [6, 6.07) is 5.65. The number of nitrogens with zero attached hydrogens (tertiary/aromatic N) is 1. The lowest BCUT2D eigenvalue weighted by Crippen LogP contribution is -3.00. The van der Waals surface area contributed by atoms with Gasteiger partial charge in [0, 0.05) is 18.6 Å². The molecule has 0 aliphatic rings. The Morgan fingerprint density at radius 1 is 1.04 bits per heavy atom. The number of carbonyl (C=O) groups is 1. The number of hydrogen-bond acceptors (Lipinski definition) is 2. The minimum Gasteiger partial charge on any atom is -1.00 e. The van der Waals surface area contributed by atoms with Gasteiger partial charge in [-0.3, -0.25) is 0 Å². The van der Waals surface area contributed by atoms with Crippen molar-refractivity contribution in [1.82, 2.24) is 0 Å². The first-order chi connectivity index (χ1) is 11.3. The van der Waals surface area contributed by atoms with Gasteiger partial charge in [-0.2, -0.15) is 4.57 Å². The molecule has 0 N–H and O–H groups in total. The number of ether oxygens (including phenoxy) is 1. The zero-order chi connectivity index (χ0) is 16.8. The van der Waals surface area contributed by atoms with E-state index in [0.29, 0.717) is 5.88 Å². The zero-order valence-corrected chi connectivity index (χ0v) is 15.8. The monoisotopic (exact) mass is 353 g/mol. The highest BCUT2D eigenvalue weighted by molar-refractivity contribution is 5.82. The molecule has 24 heavy (non-hydrogen) atoms. The minimum absolute atomic E-state index is 0. The van der Waals surface area contributed by atoms with Gasteiger partial charge in [0.1, 0.15) is 0 Å². The van der Waals surface area contributed by atoms with E-state index in [1.54, 1.807) is 0 Å². The minimum atomic E-state index is -0.409. The SMILES string of the molecule is C=CC(=O)Oc1cccc[n+]1CCCCCCCCCCCC.[Cl-]. The van der Waals surface area contributed by atoms with E-state index < -0.39 is 5.97 Å². The normalized spacial score (nSPS) is 10.0. The Bertz CT molecular complexity index is 463. The Hall–Kier alpha value is -1.35. The van der Waals surface area contributed by atoms with Crippen molar-refractivity contribution in [1.29, 1.82) is 0 Å². The lowest BCUT2D eigenvalue weighted by Gasteiger charge is -2.03. The smallest absolute Gasteiger partial charge is 0.375 e. The molecule has 3 nitrogen and oxygen atoms in total. The molecular formula is C20H32ClNO2. The van der Waals surface area contributed by atoms with Crippen LogP contribution in [0.25, 0.3) is 0 Å². The van der Waals surface area contributed by atoms with E-state index in [4.69, 9.17) is 4.74 Å². The molecule has 0 amide bonds. The summed E-state index contributed by atoms with van der Waals surface area (Å²) in [7, 11) is 0. The third-order valence-electron chi connectivity index (χ3n) is 4.02. The lowest BCUT2D eigenvalue weighted by atomic mass is 10.1. The van der Waals surface area contributed by atoms with Gasteiger partial charge in [0.15, 0.2) is 12.7 Å². The number of pyridine rings is 1. The van der Waals surface area contributed by atoms with Gasteiger partial charge in [-0.25, -0.2) is 4.79 Å². The van der Waals surface area contributed by atoms with Crippen molar-refractivity contribution in [3.63, 3.8) is 0 Å². The molecule has 1 heterocycles. The fraction of sp³-hybridized carbons (Fsp3) is 0.600. The summed E-state index contributed by atoms with van der Waals surface area (Å²) in [5.74, 6) is 0.182.